The van der Waals surface area contributed by atoms with Gasteiger partial charge in [0.1, 0.15) is 18.3 Å². The van der Waals surface area contributed by atoms with Crippen molar-refractivity contribution in [2.24, 2.45) is 0 Å². The second kappa shape index (κ2) is 6.27. The Morgan fingerprint density at radius 3 is 2.58 bits per heavy atom. The second-order valence-corrected chi connectivity index (χ2v) is 5.43. The first-order chi connectivity index (χ1) is 9.09. The molecule has 3 nitrogen and oxygen atoms in total. The molecule has 0 fully saturated rings. The van der Waals surface area contributed by atoms with Crippen molar-refractivity contribution in [3.63, 3.8) is 0 Å². The second-order valence-electron chi connectivity index (χ2n) is 4.35. The van der Waals surface area contributed by atoms with E-state index in [0.29, 0.717) is 5.69 Å². The minimum absolute atomic E-state index is 0.450. The topological polar surface area (TPSA) is 29.0 Å². The minimum atomic E-state index is -1.08. The van der Waals surface area contributed by atoms with E-state index in [4.69, 9.17) is 0 Å². The molecule has 0 saturated carbocycles. The molecule has 1 aromatic carbocycles. The zero-order chi connectivity index (χ0) is 13.8. The molecule has 0 aliphatic heterocycles. The Kier molecular flexibility index (Phi) is 4.68. The maximum Gasteiger partial charge on any atom is 0.145 e. The van der Waals surface area contributed by atoms with Gasteiger partial charge in [-0.3, -0.25) is 0 Å². The fourth-order valence-corrected chi connectivity index (χ4v) is 2.97. The number of nitrogens with zero attached hydrogens (tertiary/aromatic N) is 3. The summed E-state index contributed by atoms with van der Waals surface area (Å²) in [5.74, 6) is 0.763. The van der Waals surface area contributed by atoms with E-state index in [1.54, 1.807) is 0 Å². The van der Waals surface area contributed by atoms with Gasteiger partial charge in [-0.1, -0.05) is 30.3 Å². The lowest BCUT2D eigenvalue weighted by atomic mass is 10.2. The highest BCUT2D eigenvalue weighted by Gasteiger charge is 2.16. The number of aromatic nitrogens is 2. The Morgan fingerprint density at radius 2 is 1.95 bits per heavy atom. The van der Waals surface area contributed by atoms with Gasteiger partial charge in [-0.05, 0) is 35.1 Å². The summed E-state index contributed by atoms with van der Waals surface area (Å²) < 4.78 is 14.2. The first-order valence-corrected chi connectivity index (χ1v) is 7.07. The molecule has 1 aromatic heterocycles. The molecule has 0 N–H and O–H groups in total. The Hall–Kier alpha value is -1.24. The van der Waals surface area contributed by atoms with Crippen LogP contribution in [0.1, 0.15) is 24.4 Å². The molecule has 0 amide bonds. The van der Waals surface area contributed by atoms with Gasteiger partial charge < -0.3 is 4.90 Å². The molecule has 0 aliphatic carbocycles. The summed E-state index contributed by atoms with van der Waals surface area (Å²) >= 11 is 2.11. The summed E-state index contributed by atoms with van der Waals surface area (Å²) in [7, 11) is 1.95. The first kappa shape index (κ1) is 14.2. The molecule has 1 heterocycles. The Balaban J connectivity index is 2.24. The van der Waals surface area contributed by atoms with Crippen molar-refractivity contribution in [2.45, 2.75) is 19.6 Å². The average molecular weight is 371 g/mol. The van der Waals surface area contributed by atoms with E-state index in [0.717, 1.165) is 15.9 Å². The lowest BCUT2D eigenvalue weighted by molar-refractivity contribution is 0.363. The molecule has 1 atom stereocenters. The quantitative estimate of drug-likeness (QED) is 0.767. The number of benzene rings is 1. The standard InChI is InChI=1S/C14H15FIN3/c1-10(15)13-12(16)14(18-9-17-13)19(2)8-11-6-4-3-5-7-11/h3-7,9-10H,8H2,1-2H3. The molecule has 100 valence electrons. The van der Waals surface area contributed by atoms with Crippen LogP contribution in [0.2, 0.25) is 0 Å². The largest absolute Gasteiger partial charge is 0.354 e. The third-order valence-electron chi connectivity index (χ3n) is 2.80. The predicted molar refractivity (Wildman–Crippen MR) is 82.8 cm³/mol. The molecule has 0 bridgehead atoms. The zero-order valence-corrected chi connectivity index (χ0v) is 13.0. The Labute approximate surface area is 126 Å². The predicted octanol–water partition coefficient (Wildman–Crippen LogP) is 3.75. The molecule has 0 aliphatic rings. The number of hydrogen-bond donors (Lipinski definition) is 0. The molecule has 0 saturated heterocycles. The van der Waals surface area contributed by atoms with Crippen molar-refractivity contribution >= 4 is 28.4 Å². The summed E-state index contributed by atoms with van der Waals surface area (Å²) in [6.07, 6.45) is 0.337. The van der Waals surface area contributed by atoms with E-state index in [1.165, 1.54) is 18.8 Å². The van der Waals surface area contributed by atoms with Gasteiger partial charge in [0.15, 0.2) is 0 Å². The van der Waals surface area contributed by atoms with Crippen molar-refractivity contribution in [1.29, 1.82) is 0 Å². The van der Waals surface area contributed by atoms with Crippen LogP contribution in [0.15, 0.2) is 36.7 Å². The normalized spacial score (nSPS) is 12.2. The van der Waals surface area contributed by atoms with E-state index in [2.05, 4.69) is 44.7 Å². The summed E-state index contributed by atoms with van der Waals surface area (Å²) in [4.78, 5) is 10.3. The van der Waals surface area contributed by atoms with Gasteiger partial charge in [-0.2, -0.15) is 0 Å². The van der Waals surface area contributed by atoms with Gasteiger partial charge in [0.25, 0.3) is 0 Å². The lowest BCUT2D eigenvalue weighted by Crippen LogP contribution is -2.20. The number of rotatable bonds is 4. The van der Waals surface area contributed by atoms with Crippen molar-refractivity contribution in [1.82, 2.24) is 9.97 Å². The van der Waals surface area contributed by atoms with Gasteiger partial charge in [-0.15, -0.1) is 0 Å². The first-order valence-electron chi connectivity index (χ1n) is 5.99. The lowest BCUT2D eigenvalue weighted by Gasteiger charge is -2.20. The van der Waals surface area contributed by atoms with Crippen molar-refractivity contribution < 1.29 is 4.39 Å². The minimum Gasteiger partial charge on any atom is -0.354 e. The van der Waals surface area contributed by atoms with Crippen molar-refractivity contribution in [3.8, 4) is 0 Å². The van der Waals surface area contributed by atoms with Crippen LogP contribution < -0.4 is 4.90 Å². The molecular formula is C14H15FIN3. The number of hydrogen-bond acceptors (Lipinski definition) is 3. The summed E-state index contributed by atoms with van der Waals surface area (Å²) in [6, 6.07) is 10.1. The van der Waals surface area contributed by atoms with Gasteiger partial charge in [0, 0.05) is 13.6 Å². The highest BCUT2D eigenvalue weighted by molar-refractivity contribution is 14.1. The third-order valence-corrected chi connectivity index (χ3v) is 3.83. The SMILES string of the molecule is CC(F)c1ncnc(N(C)Cc2ccccc2)c1I. The van der Waals surface area contributed by atoms with Gasteiger partial charge in [0.05, 0.1) is 9.26 Å². The Morgan fingerprint density at radius 1 is 1.26 bits per heavy atom. The summed E-state index contributed by atoms with van der Waals surface area (Å²) in [5, 5.41) is 0. The zero-order valence-electron chi connectivity index (χ0n) is 10.8. The average Bonchev–Trinajstić information content (AvgIpc) is 2.39. The van der Waals surface area contributed by atoms with E-state index in [1.807, 2.05) is 30.1 Å². The maximum absolute atomic E-state index is 13.5. The Bertz CT molecular complexity index is 546. The van der Waals surface area contributed by atoms with Crippen LogP contribution in [0.3, 0.4) is 0 Å². The molecule has 2 aromatic rings. The number of halogens is 2. The van der Waals surface area contributed by atoms with Crippen LogP contribution in [0, 0.1) is 3.57 Å². The molecule has 19 heavy (non-hydrogen) atoms. The molecular weight excluding hydrogens is 356 g/mol. The van der Waals surface area contributed by atoms with Gasteiger partial charge in [-0.25, -0.2) is 14.4 Å². The summed E-state index contributed by atoms with van der Waals surface area (Å²) in [6.45, 7) is 2.22. The number of anilines is 1. The van der Waals surface area contributed by atoms with E-state index in [9.17, 15) is 4.39 Å². The maximum atomic E-state index is 13.5. The van der Waals surface area contributed by atoms with Crippen LogP contribution in [-0.4, -0.2) is 17.0 Å². The van der Waals surface area contributed by atoms with Crippen molar-refractivity contribution in [3.05, 3.63) is 51.5 Å². The van der Waals surface area contributed by atoms with Crippen LogP contribution in [0.4, 0.5) is 10.2 Å². The molecule has 1 unspecified atom stereocenters. The monoisotopic (exact) mass is 371 g/mol. The highest BCUT2D eigenvalue weighted by atomic mass is 127. The highest BCUT2D eigenvalue weighted by Crippen LogP contribution is 2.27. The van der Waals surface area contributed by atoms with E-state index in [-0.39, 0.29) is 0 Å². The molecule has 2 rings (SSSR count). The van der Waals surface area contributed by atoms with Crippen LogP contribution in [0.5, 0.6) is 0 Å². The van der Waals surface area contributed by atoms with E-state index < -0.39 is 6.17 Å². The van der Waals surface area contributed by atoms with E-state index >= 15 is 0 Å². The van der Waals surface area contributed by atoms with Crippen LogP contribution >= 0.6 is 22.6 Å². The van der Waals surface area contributed by atoms with Crippen LogP contribution in [-0.2, 0) is 6.54 Å². The molecule has 5 heteroatoms. The smallest absolute Gasteiger partial charge is 0.145 e. The van der Waals surface area contributed by atoms with Gasteiger partial charge >= 0.3 is 0 Å². The summed E-state index contributed by atoms with van der Waals surface area (Å²) in [5.41, 5.74) is 1.64. The third kappa shape index (κ3) is 3.40. The molecule has 0 radical (unpaired) electrons. The van der Waals surface area contributed by atoms with Gasteiger partial charge in [0.2, 0.25) is 0 Å². The van der Waals surface area contributed by atoms with Crippen molar-refractivity contribution in [2.75, 3.05) is 11.9 Å². The van der Waals surface area contributed by atoms with Crippen LogP contribution in [0.25, 0.3) is 0 Å². The fourth-order valence-electron chi connectivity index (χ4n) is 1.85. The fraction of sp³-hybridized carbons (Fsp3) is 0.286. The number of alkyl halides is 1. The molecule has 0 spiro atoms.